The van der Waals surface area contributed by atoms with Gasteiger partial charge in [0.1, 0.15) is 5.82 Å². The van der Waals surface area contributed by atoms with E-state index in [4.69, 9.17) is 11.6 Å². The Balaban J connectivity index is 0.00000144. The van der Waals surface area contributed by atoms with Crippen LogP contribution in [0.4, 0.5) is 4.39 Å². The van der Waals surface area contributed by atoms with Gasteiger partial charge in [0.05, 0.1) is 0 Å². The fourth-order valence-electron chi connectivity index (χ4n) is 2.10. The Morgan fingerprint density at radius 3 is 2.65 bits per heavy atom. The predicted molar refractivity (Wildman–Crippen MR) is 71.5 cm³/mol. The van der Waals surface area contributed by atoms with Crippen molar-refractivity contribution in [2.75, 3.05) is 26.2 Å². The molecule has 0 saturated carbocycles. The molecule has 0 radical (unpaired) electrons. The summed E-state index contributed by atoms with van der Waals surface area (Å²) in [6.07, 6.45) is 0. The normalized spacial score (nSPS) is 18.5. The molecule has 1 aliphatic heterocycles. The van der Waals surface area contributed by atoms with Gasteiger partial charge in [0.2, 0.25) is 0 Å². The van der Waals surface area contributed by atoms with Gasteiger partial charge in [-0.25, -0.2) is 4.39 Å². The molecule has 1 N–H and O–H groups in total. The van der Waals surface area contributed by atoms with Crippen LogP contribution in [0.5, 0.6) is 0 Å². The van der Waals surface area contributed by atoms with E-state index in [1.165, 1.54) is 12.1 Å². The largest absolute Gasteiger partial charge is 0.314 e. The lowest BCUT2D eigenvalue weighted by atomic mass is 10.1. The fraction of sp³-hybridized carbons (Fsp3) is 0.500. The van der Waals surface area contributed by atoms with E-state index < -0.39 is 0 Å². The van der Waals surface area contributed by atoms with Crippen molar-refractivity contribution in [2.45, 2.75) is 13.0 Å². The average molecular weight is 279 g/mol. The third-order valence-corrected chi connectivity index (χ3v) is 3.45. The first kappa shape index (κ1) is 14.7. The zero-order valence-corrected chi connectivity index (χ0v) is 11.3. The molecular formula is C12H17Cl2FN2. The minimum Gasteiger partial charge on any atom is -0.314 e. The highest BCUT2D eigenvalue weighted by Crippen LogP contribution is 2.28. The summed E-state index contributed by atoms with van der Waals surface area (Å²) < 4.78 is 13.2. The quantitative estimate of drug-likeness (QED) is 0.895. The third kappa shape index (κ3) is 3.55. The molecule has 0 amide bonds. The van der Waals surface area contributed by atoms with Crippen LogP contribution in [-0.4, -0.2) is 31.1 Å². The van der Waals surface area contributed by atoms with Gasteiger partial charge in [-0.3, -0.25) is 4.90 Å². The van der Waals surface area contributed by atoms with E-state index >= 15 is 0 Å². The Kier molecular flexibility index (Phi) is 5.67. The van der Waals surface area contributed by atoms with Gasteiger partial charge in [0.25, 0.3) is 0 Å². The smallest absolute Gasteiger partial charge is 0.123 e. The molecular weight excluding hydrogens is 262 g/mol. The summed E-state index contributed by atoms with van der Waals surface area (Å²) in [6.45, 7) is 6.00. The highest BCUT2D eigenvalue weighted by atomic mass is 35.5. The minimum absolute atomic E-state index is 0. The van der Waals surface area contributed by atoms with Crippen molar-refractivity contribution in [3.05, 3.63) is 34.6 Å². The third-order valence-electron chi connectivity index (χ3n) is 3.11. The summed E-state index contributed by atoms with van der Waals surface area (Å²) >= 11 is 6.10. The monoisotopic (exact) mass is 278 g/mol. The Labute approximate surface area is 113 Å². The first-order valence-corrected chi connectivity index (χ1v) is 5.96. The lowest BCUT2D eigenvalue weighted by Crippen LogP contribution is -2.44. The lowest BCUT2D eigenvalue weighted by molar-refractivity contribution is 0.185. The molecule has 1 atom stereocenters. The van der Waals surface area contributed by atoms with Gasteiger partial charge in [-0.1, -0.05) is 11.6 Å². The van der Waals surface area contributed by atoms with E-state index in [0.29, 0.717) is 5.02 Å². The number of halogens is 3. The number of benzene rings is 1. The van der Waals surface area contributed by atoms with Crippen molar-refractivity contribution in [2.24, 2.45) is 0 Å². The zero-order chi connectivity index (χ0) is 11.5. The fourth-order valence-corrected chi connectivity index (χ4v) is 2.38. The van der Waals surface area contributed by atoms with Crippen LogP contribution in [0.1, 0.15) is 18.5 Å². The first-order chi connectivity index (χ1) is 7.68. The summed E-state index contributed by atoms with van der Waals surface area (Å²) in [6, 6.07) is 4.74. The molecule has 2 rings (SSSR count). The van der Waals surface area contributed by atoms with E-state index in [1.807, 2.05) is 0 Å². The van der Waals surface area contributed by atoms with Crippen LogP contribution in [0.25, 0.3) is 0 Å². The second-order valence-corrected chi connectivity index (χ2v) is 4.53. The van der Waals surface area contributed by atoms with Gasteiger partial charge >= 0.3 is 0 Å². The van der Waals surface area contributed by atoms with Crippen molar-refractivity contribution >= 4 is 24.0 Å². The summed E-state index contributed by atoms with van der Waals surface area (Å²) in [5.74, 6) is -0.221. The van der Waals surface area contributed by atoms with Crippen LogP contribution in [0.3, 0.4) is 0 Å². The topological polar surface area (TPSA) is 15.3 Å². The van der Waals surface area contributed by atoms with E-state index in [9.17, 15) is 4.39 Å². The first-order valence-electron chi connectivity index (χ1n) is 5.58. The van der Waals surface area contributed by atoms with Crippen molar-refractivity contribution in [1.82, 2.24) is 10.2 Å². The number of hydrogen-bond donors (Lipinski definition) is 1. The number of hydrogen-bond acceptors (Lipinski definition) is 2. The van der Waals surface area contributed by atoms with Gasteiger partial charge < -0.3 is 5.32 Å². The van der Waals surface area contributed by atoms with E-state index in [-0.39, 0.29) is 24.3 Å². The van der Waals surface area contributed by atoms with Crippen molar-refractivity contribution < 1.29 is 4.39 Å². The molecule has 5 heteroatoms. The molecule has 2 nitrogen and oxygen atoms in total. The second-order valence-electron chi connectivity index (χ2n) is 4.13. The maximum Gasteiger partial charge on any atom is 0.123 e. The Morgan fingerprint density at radius 2 is 2.00 bits per heavy atom. The molecule has 17 heavy (non-hydrogen) atoms. The molecule has 1 fully saturated rings. The van der Waals surface area contributed by atoms with Crippen LogP contribution in [0, 0.1) is 5.82 Å². The summed E-state index contributed by atoms with van der Waals surface area (Å²) in [5.41, 5.74) is 0.878. The zero-order valence-electron chi connectivity index (χ0n) is 9.75. The van der Waals surface area contributed by atoms with Gasteiger partial charge in [-0.2, -0.15) is 0 Å². The minimum atomic E-state index is -0.221. The molecule has 1 saturated heterocycles. The van der Waals surface area contributed by atoms with Gasteiger partial charge in [0, 0.05) is 37.2 Å². The predicted octanol–water partition coefficient (Wildman–Crippen LogP) is 2.87. The number of rotatable bonds is 2. The van der Waals surface area contributed by atoms with E-state index in [0.717, 1.165) is 31.7 Å². The average Bonchev–Trinajstić information content (AvgIpc) is 2.32. The molecule has 1 aromatic rings. The summed E-state index contributed by atoms with van der Waals surface area (Å²) in [5, 5.41) is 3.94. The lowest BCUT2D eigenvalue weighted by Gasteiger charge is -2.33. The standard InChI is InChI=1S/C12H16ClFN2.ClH/c1-9(16-6-4-15-5-7-16)11-8-10(14)2-3-12(11)13;/h2-3,8-9,15H,4-7H2,1H3;1H/t9-;/m0./s1. The number of nitrogens with one attached hydrogen (secondary N) is 1. The number of piperazine rings is 1. The van der Waals surface area contributed by atoms with Crippen molar-refractivity contribution in [3.8, 4) is 0 Å². The number of nitrogens with zero attached hydrogens (tertiary/aromatic N) is 1. The van der Waals surface area contributed by atoms with Crippen molar-refractivity contribution in [3.63, 3.8) is 0 Å². The molecule has 1 aromatic carbocycles. The van der Waals surface area contributed by atoms with E-state index in [1.54, 1.807) is 6.07 Å². The van der Waals surface area contributed by atoms with Gasteiger partial charge in [-0.05, 0) is 30.7 Å². The van der Waals surface area contributed by atoms with Crippen LogP contribution < -0.4 is 5.32 Å². The highest BCUT2D eigenvalue weighted by molar-refractivity contribution is 6.31. The summed E-state index contributed by atoms with van der Waals surface area (Å²) in [4.78, 5) is 2.32. The van der Waals surface area contributed by atoms with Crippen LogP contribution in [0.2, 0.25) is 5.02 Å². The van der Waals surface area contributed by atoms with Crippen LogP contribution in [-0.2, 0) is 0 Å². The Bertz CT molecular complexity index is 368. The molecule has 0 aromatic heterocycles. The Hall–Kier alpha value is -0.350. The maximum absolute atomic E-state index is 13.2. The highest BCUT2D eigenvalue weighted by Gasteiger charge is 2.20. The molecule has 0 aliphatic carbocycles. The molecule has 1 heterocycles. The van der Waals surface area contributed by atoms with Crippen LogP contribution in [0.15, 0.2) is 18.2 Å². The Morgan fingerprint density at radius 1 is 1.35 bits per heavy atom. The van der Waals surface area contributed by atoms with Crippen molar-refractivity contribution in [1.29, 1.82) is 0 Å². The molecule has 0 bridgehead atoms. The van der Waals surface area contributed by atoms with Gasteiger partial charge in [0.15, 0.2) is 0 Å². The summed E-state index contributed by atoms with van der Waals surface area (Å²) in [7, 11) is 0. The molecule has 0 unspecified atom stereocenters. The molecule has 1 aliphatic rings. The maximum atomic E-state index is 13.2. The van der Waals surface area contributed by atoms with Crippen LogP contribution >= 0.6 is 24.0 Å². The second kappa shape index (κ2) is 6.55. The van der Waals surface area contributed by atoms with Gasteiger partial charge in [-0.15, -0.1) is 12.4 Å². The SMILES string of the molecule is C[C@@H](c1cc(F)ccc1Cl)N1CCNCC1.Cl. The molecule has 96 valence electrons. The van der Waals surface area contributed by atoms with E-state index in [2.05, 4.69) is 17.1 Å². The molecule has 0 spiro atoms.